The molecule has 1 fully saturated rings. The maximum atomic E-state index is 13.4. The van der Waals surface area contributed by atoms with Crippen LogP contribution in [0.1, 0.15) is 18.9 Å². The molecule has 0 spiro atoms. The molecule has 114 valence electrons. The van der Waals surface area contributed by atoms with Crippen LogP contribution in [0.4, 0.5) is 4.39 Å². The van der Waals surface area contributed by atoms with Crippen LogP contribution in [0.3, 0.4) is 0 Å². The summed E-state index contributed by atoms with van der Waals surface area (Å²) in [5, 5.41) is 9.22. The molecule has 1 aliphatic rings. The Morgan fingerprint density at radius 1 is 1.48 bits per heavy atom. The van der Waals surface area contributed by atoms with Crippen LogP contribution in [-0.2, 0) is 4.79 Å². The standard InChI is InChI=1S/C16H20FNO3/c1-11(12-3-5-15(21-2)6-4-12)7-16(20)18-9-13(17)8-14(18)10-19/h3-7,13-14,19H,8-10H2,1-2H3/b11-7+/t13-,14-/m0/s1. The van der Waals surface area contributed by atoms with Gasteiger partial charge in [-0.3, -0.25) is 4.79 Å². The summed E-state index contributed by atoms with van der Waals surface area (Å²) in [4.78, 5) is 13.6. The van der Waals surface area contributed by atoms with Gasteiger partial charge in [0.25, 0.3) is 0 Å². The zero-order chi connectivity index (χ0) is 15.4. The zero-order valence-electron chi connectivity index (χ0n) is 12.3. The number of carbonyl (C=O) groups is 1. The van der Waals surface area contributed by atoms with Crippen LogP contribution in [0.5, 0.6) is 5.75 Å². The minimum Gasteiger partial charge on any atom is -0.497 e. The summed E-state index contributed by atoms with van der Waals surface area (Å²) >= 11 is 0. The normalized spacial score (nSPS) is 22.5. The van der Waals surface area contributed by atoms with Crippen molar-refractivity contribution in [1.82, 2.24) is 4.90 Å². The van der Waals surface area contributed by atoms with E-state index in [1.54, 1.807) is 7.11 Å². The lowest BCUT2D eigenvalue weighted by Gasteiger charge is -2.21. The quantitative estimate of drug-likeness (QED) is 0.864. The van der Waals surface area contributed by atoms with E-state index in [1.807, 2.05) is 31.2 Å². The molecule has 1 heterocycles. The third kappa shape index (κ3) is 3.61. The minimum atomic E-state index is -1.05. The second kappa shape index (κ2) is 6.72. The van der Waals surface area contributed by atoms with E-state index >= 15 is 0 Å². The molecule has 0 aliphatic carbocycles. The largest absolute Gasteiger partial charge is 0.497 e. The molecule has 1 aromatic rings. The van der Waals surface area contributed by atoms with Crippen molar-refractivity contribution in [3.05, 3.63) is 35.9 Å². The molecule has 0 unspecified atom stereocenters. The van der Waals surface area contributed by atoms with Crippen molar-refractivity contribution in [3.63, 3.8) is 0 Å². The van der Waals surface area contributed by atoms with Gasteiger partial charge < -0.3 is 14.7 Å². The number of methoxy groups -OCH3 is 1. The summed E-state index contributed by atoms with van der Waals surface area (Å²) in [6.45, 7) is 1.68. The molecule has 0 aromatic heterocycles. The van der Waals surface area contributed by atoms with Crippen LogP contribution >= 0.6 is 0 Å². The van der Waals surface area contributed by atoms with Crippen molar-refractivity contribution in [2.24, 2.45) is 0 Å². The second-order valence-corrected chi connectivity index (χ2v) is 5.22. The van der Waals surface area contributed by atoms with E-state index in [2.05, 4.69) is 0 Å². The number of allylic oxidation sites excluding steroid dienone is 1. The van der Waals surface area contributed by atoms with Gasteiger partial charge in [-0.25, -0.2) is 4.39 Å². The molecule has 0 radical (unpaired) electrons. The van der Waals surface area contributed by atoms with E-state index in [1.165, 1.54) is 11.0 Å². The SMILES string of the molecule is COc1ccc(/C(C)=C/C(=O)N2C[C@@H](F)C[C@H]2CO)cc1. The van der Waals surface area contributed by atoms with Gasteiger partial charge in [-0.1, -0.05) is 12.1 Å². The highest BCUT2D eigenvalue weighted by molar-refractivity contribution is 5.95. The summed E-state index contributed by atoms with van der Waals surface area (Å²) in [7, 11) is 1.59. The molecule has 1 aliphatic heterocycles. The van der Waals surface area contributed by atoms with Gasteiger partial charge in [-0.05, 0) is 30.2 Å². The smallest absolute Gasteiger partial charge is 0.247 e. The predicted octanol–water partition coefficient (Wildman–Crippen LogP) is 2.03. The van der Waals surface area contributed by atoms with E-state index < -0.39 is 12.2 Å². The van der Waals surface area contributed by atoms with Gasteiger partial charge in [0.2, 0.25) is 5.91 Å². The molecule has 2 atom stereocenters. The van der Waals surface area contributed by atoms with Crippen LogP contribution < -0.4 is 4.74 Å². The molecule has 21 heavy (non-hydrogen) atoms. The maximum absolute atomic E-state index is 13.4. The lowest BCUT2D eigenvalue weighted by Crippen LogP contribution is -2.36. The number of benzene rings is 1. The Labute approximate surface area is 123 Å². The van der Waals surface area contributed by atoms with Crippen molar-refractivity contribution < 1.29 is 19.0 Å². The number of aliphatic hydroxyl groups excluding tert-OH is 1. The molecule has 5 heteroatoms. The number of aliphatic hydroxyl groups is 1. The minimum absolute atomic E-state index is 0.0520. The number of ether oxygens (including phenoxy) is 1. The van der Waals surface area contributed by atoms with Crippen LogP contribution in [0, 0.1) is 0 Å². The molecule has 0 saturated carbocycles. The molecule has 4 nitrogen and oxygen atoms in total. The number of alkyl halides is 1. The first-order chi connectivity index (χ1) is 10.0. The summed E-state index contributed by atoms with van der Waals surface area (Å²) in [6.07, 6.45) is 0.640. The molecule has 2 rings (SSSR count). The van der Waals surface area contributed by atoms with Crippen LogP contribution in [-0.4, -0.2) is 48.4 Å². The van der Waals surface area contributed by atoms with Crippen molar-refractivity contribution in [2.75, 3.05) is 20.3 Å². The fourth-order valence-corrected chi connectivity index (χ4v) is 2.51. The molecular weight excluding hydrogens is 273 g/mol. The van der Waals surface area contributed by atoms with Gasteiger partial charge >= 0.3 is 0 Å². The monoisotopic (exact) mass is 293 g/mol. The van der Waals surface area contributed by atoms with Crippen LogP contribution in [0.15, 0.2) is 30.3 Å². The Morgan fingerprint density at radius 2 is 2.14 bits per heavy atom. The fraction of sp³-hybridized carbons (Fsp3) is 0.438. The highest BCUT2D eigenvalue weighted by Gasteiger charge is 2.33. The summed E-state index contributed by atoms with van der Waals surface area (Å²) in [5.41, 5.74) is 1.70. The number of carbonyl (C=O) groups excluding carboxylic acids is 1. The van der Waals surface area contributed by atoms with Gasteiger partial charge in [-0.2, -0.15) is 0 Å². The van der Waals surface area contributed by atoms with Gasteiger partial charge in [0.05, 0.1) is 26.3 Å². The molecule has 0 bridgehead atoms. The third-order valence-corrected chi connectivity index (χ3v) is 3.74. The van der Waals surface area contributed by atoms with Crippen molar-refractivity contribution in [1.29, 1.82) is 0 Å². The van der Waals surface area contributed by atoms with Gasteiger partial charge in [0.1, 0.15) is 11.9 Å². The molecule has 1 aromatic carbocycles. The summed E-state index contributed by atoms with van der Waals surface area (Å²) < 4.78 is 18.5. The Hall–Kier alpha value is -1.88. The van der Waals surface area contributed by atoms with E-state index in [9.17, 15) is 14.3 Å². The fourth-order valence-electron chi connectivity index (χ4n) is 2.51. The lowest BCUT2D eigenvalue weighted by atomic mass is 10.1. The number of hydrogen-bond donors (Lipinski definition) is 1. The highest BCUT2D eigenvalue weighted by Crippen LogP contribution is 2.23. The number of nitrogens with zero attached hydrogens (tertiary/aromatic N) is 1. The Kier molecular flexibility index (Phi) is 4.96. The highest BCUT2D eigenvalue weighted by atomic mass is 19.1. The topological polar surface area (TPSA) is 49.8 Å². The predicted molar refractivity (Wildman–Crippen MR) is 78.7 cm³/mol. The molecular formula is C16H20FNO3. The zero-order valence-corrected chi connectivity index (χ0v) is 12.3. The Balaban J connectivity index is 2.11. The average molecular weight is 293 g/mol. The molecule has 1 amide bonds. The van der Waals surface area contributed by atoms with Crippen LogP contribution in [0.2, 0.25) is 0 Å². The summed E-state index contributed by atoms with van der Waals surface area (Å²) in [6, 6.07) is 6.95. The van der Waals surface area contributed by atoms with Crippen molar-refractivity contribution in [2.45, 2.75) is 25.6 Å². The number of likely N-dealkylation sites (tertiary alicyclic amines) is 1. The Morgan fingerprint density at radius 3 is 2.71 bits per heavy atom. The molecule has 1 N–H and O–H groups in total. The number of hydrogen-bond acceptors (Lipinski definition) is 3. The summed E-state index contributed by atoms with van der Waals surface area (Å²) in [5.74, 6) is 0.487. The van der Waals surface area contributed by atoms with Crippen molar-refractivity contribution >= 4 is 11.5 Å². The van der Waals surface area contributed by atoms with Gasteiger partial charge in [0.15, 0.2) is 0 Å². The number of amides is 1. The first-order valence-corrected chi connectivity index (χ1v) is 6.93. The van der Waals surface area contributed by atoms with Gasteiger partial charge in [-0.15, -0.1) is 0 Å². The van der Waals surface area contributed by atoms with E-state index in [0.29, 0.717) is 0 Å². The van der Waals surface area contributed by atoms with Crippen LogP contribution in [0.25, 0.3) is 5.57 Å². The third-order valence-electron chi connectivity index (χ3n) is 3.74. The first-order valence-electron chi connectivity index (χ1n) is 6.93. The van der Waals surface area contributed by atoms with E-state index in [-0.39, 0.29) is 25.5 Å². The molecule has 1 saturated heterocycles. The van der Waals surface area contributed by atoms with Crippen molar-refractivity contribution in [3.8, 4) is 5.75 Å². The lowest BCUT2D eigenvalue weighted by molar-refractivity contribution is -0.127. The van der Waals surface area contributed by atoms with Gasteiger partial charge in [0, 0.05) is 12.5 Å². The second-order valence-electron chi connectivity index (χ2n) is 5.22. The van der Waals surface area contributed by atoms with E-state index in [4.69, 9.17) is 4.74 Å². The Bertz CT molecular complexity index is 527. The number of halogens is 1. The van der Waals surface area contributed by atoms with E-state index in [0.717, 1.165) is 16.9 Å². The average Bonchev–Trinajstić information content (AvgIpc) is 2.88. The maximum Gasteiger partial charge on any atom is 0.247 e. The first kappa shape index (κ1) is 15.5. The number of rotatable bonds is 4.